The number of hydrogen-bond acceptors (Lipinski definition) is 3. The highest BCUT2D eigenvalue weighted by Gasteiger charge is 2.37. The molecular weight excluding hydrogens is 384 g/mol. The van der Waals surface area contributed by atoms with Crippen LogP contribution in [0.2, 0.25) is 0 Å². The van der Waals surface area contributed by atoms with Crippen LogP contribution in [-0.2, 0) is 16.1 Å². The minimum atomic E-state index is -0.640. The molecule has 0 bridgehead atoms. The van der Waals surface area contributed by atoms with Crippen molar-refractivity contribution < 1.29 is 14.3 Å². The van der Waals surface area contributed by atoms with Crippen LogP contribution < -0.4 is 15.0 Å². The Morgan fingerprint density at radius 3 is 2.76 bits per heavy atom. The summed E-state index contributed by atoms with van der Waals surface area (Å²) in [7, 11) is 1.59. The maximum atomic E-state index is 12.6. The minimum Gasteiger partial charge on any atom is -0.496 e. The van der Waals surface area contributed by atoms with Crippen LogP contribution >= 0.6 is 15.9 Å². The number of nitrogens with zero attached hydrogens (tertiary/aromatic N) is 1. The normalized spacial score (nSPS) is 16.8. The molecule has 0 spiro atoms. The zero-order valence-corrected chi connectivity index (χ0v) is 15.5. The summed E-state index contributed by atoms with van der Waals surface area (Å²) in [5.74, 6) is -0.333. The highest BCUT2D eigenvalue weighted by atomic mass is 79.9. The Bertz CT molecular complexity index is 779. The van der Waals surface area contributed by atoms with Crippen molar-refractivity contribution in [3.8, 4) is 5.75 Å². The topological polar surface area (TPSA) is 58.6 Å². The van der Waals surface area contributed by atoms with Crippen molar-refractivity contribution in [2.75, 3.05) is 18.6 Å². The Kier molecular flexibility index (Phi) is 5.38. The van der Waals surface area contributed by atoms with E-state index in [0.29, 0.717) is 25.3 Å². The number of benzene rings is 2. The molecule has 1 saturated heterocycles. The molecule has 1 atom stereocenters. The van der Waals surface area contributed by atoms with Crippen molar-refractivity contribution in [1.29, 1.82) is 0 Å². The summed E-state index contributed by atoms with van der Waals surface area (Å²) in [4.78, 5) is 26.7. The van der Waals surface area contributed by atoms with E-state index in [4.69, 9.17) is 4.74 Å². The molecule has 1 fully saturated rings. The molecule has 0 aliphatic carbocycles. The first-order valence-electron chi connectivity index (χ1n) is 8.06. The molecule has 0 aromatic heterocycles. The Morgan fingerprint density at radius 2 is 2.04 bits per heavy atom. The second-order valence-corrected chi connectivity index (χ2v) is 6.76. The summed E-state index contributed by atoms with van der Waals surface area (Å²) in [6.45, 7) is 0.873. The van der Waals surface area contributed by atoms with E-state index in [1.54, 1.807) is 12.0 Å². The first kappa shape index (κ1) is 17.5. The van der Waals surface area contributed by atoms with Crippen molar-refractivity contribution in [1.82, 2.24) is 5.32 Å². The van der Waals surface area contributed by atoms with E-state index >= 15 is 0 Å². The van der Waals surface area contributed by atoms with Gasteiger partial charge >= 0.3 is 0 Å². The summed E-state index contributed by atoms with van der Waals surface area (Å²) in [5.41, 5.74) is 1.69. The van der Waals surface area contributed by atoms with Crippen molar-refractivity contribution in [3.05, 3.63) is 58.6 Å². The van der Waals surface area contributed by atoms with Crippen LogP contribution in [0.5, 0.6) is 5.75 Å². The fraction of sp³-hybridized carbons (Fsp3) is 0.263. The Balaban J connectivity index is 1.65. The van der Waals surface area contributed by atoms with Gasteiger partial charge in [0.05, 0.1) is 7.11 Å². The summed E-state index contributed by atoms with van der Waals surface area (Å²) in [6, 6.07) is 15.0. The van der Waals surface area contributed by atoms with Gasteiger partial charge in [-0.15, -0.1) is 0 Å². The molecule has 0 saturated carbocycles. The Morgan fingerprint density at radius 1 is 1.28 bits per heavy atom. The quantitative estimate of drug-likeness (QED) is 0.781. The molecule has 5 nitrogen and oxygen atoms in total. The van der Waals surface area contributed by atoms with E-state index < -0.39 is 5.92 Å². The third-order valence-electron chi connectivity index (χ3n) is 4.29. The van der Waals surface area contributed by atoms with Gasteiger partial charge in [-0.05, 0) is 36.8 Å². The number of carbonyl (C=O) groups excluding carboxylic acids is 2. The number of amides is 2. The van der Waals surface area contributed by atoms with Crippen molar-refractivity contribution >= 4 is 33.4 Å². The predicted octanol–water partition coefficient (Wildman–Crippen LogP) is 3.13. The molecule has 1 N–H and O–H groups in total. The fourth-order valence-corrected chi connectivity index (χ4v) is 3.39. The number of methoxy groups -OCH3 is 1. The number of halogens is 1. The number of nitrogens with one attached hydrogen (secondary N) is 1. The third-order valence-corrected chi connectivity index (χ3v) is 4.78. The number of para-hydroxylation sites is 1. The van der Waals surface area contributed by atoms with Crippen LogP contribution in [-0.4, -0.2) is 25.5 Å². The molecule has 3 rings (SSSR count). The first-order chi connectivity index (χ1) is 12.1. The number of ether oxygens (including phenoxy) is 1. The maximum absolute atomic E-state index is 12.6. The Labute approximate surface area is 155 Å². The van der Waals surface area contributed by atoms with Crippen LogP contribution in [0.1, 0.15) is 12.0 Å². The van der Waals surface area contributed by atoms with Crippen LogP contribution in [0.3, 0.4) is 0 Å². The molecule has 2 aromatic rings. The summed E-state index contributed by atoms with van der Waals surface area (Å²) in [5, 5.41) is 2.86. The molecule has 0 radical (unpaired) electrons. The lowest BCUT2D eigenvalue weighted by molar-refractivity contribution is -0.132. The second kappa shape index (κ2) is 7.70. The average molecular weight is 403 g/mol. The highest BCUT2D eigenvalue weighted by Crippen LogP contribution is 2.26. The zero-order valence-electron chi connectivity index (χ0n) is 13.9. The van der Waals surface area contributed by atoms with E-state index in [2.05, 4.69) is 21.2 Å². The van der Waals surface area contributed by atoms with E-state index in [1.807, 2.05) is 48.5 Å². The van der Waals surface area contributed by atoms with Crippen LogP contribution in [0.15, 0.2) is 53.0 Å². The predicted molar refractivity (Wildman–Crippen MR) is 99.4 cm³/mol. The molecule has 1 unspecified atom stereocenters. The lowest BCUT2D eigenvalue weighted by Gasteiger charge is -2.17. The maximum Gasteiger partial charge on any atom is 0.239 e. The summed E-state index contributed by atoms with van der Waals surface area (Å²) >= 11 is 3.41. The lowest BCUT2D eigenvalue weighted by Crippen LogP contribution is -2.36. The monoisotopic (exact) mass is 402 g/mol. The number of anilines is 1. The zero-order chi connectivity index (χ0) is 17.8. The van der Waals surface area contributed by atoms with E-state index in [-0.39, 0.29) is 11.8 Å². The fourth-order valence-electron chi connectivity index (χ4n) is 2.98. The molecular formula is C19H19BrN2O3. The molecule has 130 valence electrons. The van der Waals surface area contributed by atoms with Crippen molar-refractivity contribution in [2.45, 2.75) is 13.0 Å². The van der Waals surface area contributed by atoms with Crippen molar-refractivity contribution in [3.63, 3.8) is 0 Å². The van der Waals surface area contributed by atoms with Gasteiger partial charge in [0, 0.05) is 28.8 Å². The molecule has 2 aromatic carbocycles. The number of hydrogen-bond donors (Lipinski definition) is 1. The van der Waals surface area contributed by atoms with Gasteiger partial charge < -0.3 is 15.0 Å². The highest BCUT2D eigenvalue weighted by molar-refractivity contribution is 9.10. The van der Waals surface area contributed by atoms with E-state index in [0.717, 1.165) is 15.7 Å². The number of rotatable bonds is 5. The first-order valence-corrected chi connectivity index (χ1v) is 8.86. The van der Waals surface area contributed by atoms with Gasteiger partial charge in [0.15, 0.2) is 0 Å². The molecule has 6 heteroatoms. The van der Waals surface area contributed by atoms with Crippen LogP contribution in [0, 0.1) is 5.92 Å². The SMILES string of the molecule is COc1ccc(Br)cc1CNC(=O)C1CCN(c2ccccc2)C1=O. The van der Waals surface area contributed by atoms with Crippen molar-refractivity contribution in [2.24, 2.45) is 5.92 Å². The molecule has 25 heavy (non-hydrogen) atoms. The van der Waals surface area contributed by atoms with Gasteiger partial charge in [-0.25, -0.2) is 0 Å². The third kappa shape index (κ3) is 3.85. The van der Waals surface area contributed by atoms with Gasteiger partial charge in [0.25, 0.3) is 0 Å². The summed E-state index contributed by atoms with van der Waals surface area (Å²) < 4.78 is 6.21. The minimum absolute atomic E-state index is 0.148. The molecule has 1 heterocycles. The standard InChI is InChI=1S/C19H19BrN2O3/c1-25-17-8-7-14(20)11-13(17)12-21-18(23)16-9-10-22(19(16)24)15-5-3-2-4-6-15/h2-8,11,16H,9-10,12H2,1H3,(H,21,23). The number of carbonyl (C=O) groups is 2. The molecule has 1 aliphatic heterocycles. The summed E-state index contributed by atoms with van der Waals surface area (Å²) in [6.07, 6.45) is 0.523. The van der Waals surface area contributed by atoms with Crippen LogP contribution in [0.25, 0.3) is 0 Å². The van der Waals surface area contributed by atoms with Gasteiger partial charge in [-0.2, -0.15) is 0 Å². The Hall–Kier alpha value is -2.34. The van der Waals surface area contributed by atoms with Gasteiger partial charge in [-0.3, -0.25) is 9.59 Å². The van der Waals surface area contributed by atoms with Gasteiger partial charge in [0.1, 0.15) is 11.7 Å². The lowest BCUT2D eigenvalue weighted by atomic mass is 10.1. The van der Waals surface area contributed by atoms with E-state index in [9.17, 15) is 9.59 Å². The van der Waals surface area contributed by atoms with Crippen LogP contribution in [0.4, 0.5) is 5.69 Å². The van der Waals surface area contributed by atoms with Gasteiger partial charge in [-0.1, -0.05) is 34.1 Å². The van der Waals surface area contributed by atoms with E-state index in [1.165, 1.54) is 0 Å². The van der Waals surface area contributed by atoms with Gasteiger partial charge in [0.2, 0.25) is 11.8 Å². The largest absolute Gasteiger partial charge is 0.496 e. The average Bonchev–Trinajstić information content (AvgIpc) is 3.02. The second-order valence-electron chi connectivity index (χ2n) is 5.84. The molecule has 1 aliphatic rings. The molecule has 2 amide bonds. The smallest absolute Gasteiger partial charge is 0.239 e.